The van der Waals surface area contributed by atoms with Crippen molar-refractivity contribution in [1.29, 1.82) is 0 Å². The molecule has 1 rings (SSSR count). The van der Waals surface area contributed by atoms with E-state index in [0.29, 0.717) is 5.70 Å². The molecule has 0 saturated carbocycles. The van der Waals surface area contributed by atoms with Gasteiger partial charge in [0, 0.05) is 11.8 Å². The van der Waals surface area contributed by atoms with Gasteiger partial charge in [0.05, 0.1) is 6.54 Å². The van der Waals surface area contributed by atoms with Crippen LogP contribution in [0.1, 0.15) is 6.92 Å². The molecule has 0 radical (unpaired) electrons. The zero-order valence-corrected chi connectivity index (χ0v) is 8.64. The van der Waals surface area contributed by atoms with E-state index < -0.39 is 0 Å². The van der Waals surface area contributed by atoms with Crippen LogP contribution < -0.4 is 0 Å². The first-order valence-corrected chi connectivity index (χ1v) is 4.67. The fourth-order valence-electron chi connectivity index (χ4n) is 1.22. The van der Waals surface area contributed by atoms with Gasteiger partial charge in [0.15, 0.2) is 5.78 Å². The molecule has 0 spiro atoms. The quantitative estimate of drug-likeness (QED) is 0.653. The molecule has 0 aromatic rings. The average Bonchev–Trinajstić information content (AvgIpc) is 2.24. The number of hydrogen-bond acceptors (Lipinski definition) is 2. The zero-order valence-electron chi connectivity index (χ0n) is 8.64. The van der Waals surface area contributed by atoms with E-state index in [2.05, 4.69) is 6.58 Å². The number of rotatable bonds is 3. The molecule has 0 saturated heterocycles. The topological polar surface area (TPSA) is 37.4 Å². The van der Waals surface area contributed by atoms with Crippen molar-refractivity contribution in [3.63, 3.8) is 0 Å². The second kappa shape index (κ2) is 5.10. The Kier molecular flexibility index (Phi) is 3.80. The second-order valence-corrected chi connectivity index (χ2v) is 3.05. The Balaban J connectivity index is 2.94. The summed E-state index contributed by atoms with van der Waals surface area (Å²) < 4.78 is 0. The van der Waals surface area contributed by atoms with Crippen molar-refractivity contribution in [2.75, 3.05) is 6.54 Å². The highest BCUT2D eigenvalue weighted by molar-refractivity contribution is 6.05. The number of carbonyl (C=O) groups excluding carboxylic acids is 2. The first-order valence-electron chi connectivity index (χ1n) is 4.67. The van der Waals surface area contributed by atoms with Gasteiger partial charge in [-0.1, -0.05) is 18.7 Å². The second-order valence-electron chi connectivity index (χ2n) is 3.05. The molecule has 0 fully saturated rings. The molecular weight excluding hydrogens is 190 g/mol. The van der Waals surface area contributed by atoms with E-state index in [4.69, 9.17) is 0 Å². The summed E-state index contributed by atoms with van der Waals surface area (Å²) >= 11 is 0. The summed E-state index contributed by atoms with van der Waals surface area (Å²) in [6.45, 7) is 5.58. The normalized spacial score (nSPS) is 17.7. The lowest BCUT2D eigenvalue weighted by Gasteiger charge is -2.23. The summed E-state index contributed by atoms with van der Waals surface area (Å²) in [4.78, 5) is 24.0. The summed E-state index contributed by atoms with van der Waals surface area (Å²) in [5, 5.41) is 0. The van der Waals surface area contributed by atoms with Crippen molar-refractivity contribution in [3.05, 3.63) is 48.7 Å². The van der Waals surface area contributed by atoms with Crippen LogP contribution in [0.5, 0.6) is 0 Å². The van der Waals surface area contributed by atoms with Crippen LogP contribution in [0, 0.1) is 0 Å². The van der Waals surface area contributed by atoms with Crippen LogP contribution in [0.4, 0.5) is 0 Å². The van der Waals surface area contributed by atoms with Crippen LogP contribution in [0.2, 0.25) is 0 Å². The number of allylic oxidation sites excluding steroid dienone is 4. The van der Waals surface area contributed by atoms with Crippen LogP contribution in [-0.2, 0) is 9.59 Å². The van der Waals surface area contributed by atoms with E-state index in [1.54, 1.807) is 18.2 Å². The lowest BCUT2D eigenvalue weighted by Crippen LogP contribution is -2.35. The standard InChI is InChI=1S/C12H13NO2/c1-3-5-6-10(4-2)13-9-11(14)7-8-12(13)15/h3-8H,2,9H2,1H3/b5-3-,10-6+. The first kappa shape index (κ1) is 11.2. The number of nitrogens with zero attached hydrogens (tertiary/aromatic N) is 1. The Hall–Kier alpha value is -1.90. The molecular formula is C12H13NO2. The molecule has 0 atom stereocenters. The molecule has 0 aromatic carbocycles. The molecule has 0 aliphatic carbocycles. The summed E-state index contributed by atoms with van der Waals surface area (Å²) in [6, 6.07) is 0. The Morgan fingerprint density at radius 3 is 2.80 bits per heavy atom. The Bertz CT molecular complexity index is 375. The maximum atomic E-state index is 11.5. The lowest BCUT2D eigenvalue weighted by atomic mass is 10.2. The van der Waals surface area contributed by atoms with Crippen LogP contribution >= 0.6 is 0 Å². The van der Waals surface area contributed by atoms with E-state index >= 15 is 0 Å². The van der Waals surface area contributed by atoms with Crippen LogP contribution in [0.3, 0.4) is 0 Å². The first-order chi connectivity index (χ1) is 7.19. The molecule has 1 amide bonds. The fraction of sp³-hybridized carbons (Fsp3) is 0.167. The van der Waals surface area contributed by atoms with E-state index in [1.807, 2.05) is 13.0 Å². The smallest absolute Gasteiger partial charge is 0.251 e. The van der Waals surface area contributed by atoms with Crippen molar-refractivity contribution in [3.8, 4) is 0 Å². The highest BCUT2D eigenvalue weighted by atomic mass is 16.2. The maximum absolute atomic E-state index is 11.5. The van der Waals surface area contributed by atoms with Crippen molar-refractivity contribution >= 4 is 11.7 Å². The highest BCUT2D eigenvalue weighted by Crippen LogP contribution is 2.10. The van der Waals surface area contributed by atoms with Gasteiger partial charge >= 0.3 is 0 Å². The van der Waals surface area contributed by atoms with Gasteiger partial charge in [-0.05, 0) is 25.2 Å². The van der Waals surface area contributed by atoms with E-state index in [-0.39, 0.29) is 18.2 Å². The molecule has 3 nitrogen and oxygen atoms in total. The Morgan fingerprint density at radius 1 is 1.47 bits per heavy atom. The van der Waals surface area contributed by atoms with E-state index in [1.165, 1.54) is 17.1 Å². The third-order valence-electron chi connectivity index (χ3n) is 1.97. The van der Waals surface area contributed by atoms with Gasteiger partial charge < -0.3 is 4.90 Å². The zero-order chi connectivity index (χ0) is 11.3. The SMILES string of the molecule is C=C/C(=C\C=C/C)N1CC(=O)C=CC1=O. The van der Waals surface area contributed by atoms with Crippen LogP contribution in [-0.4, -0.2) is 23.1 Å². The van der Waals surface area contributed by atoms with Crippen molar-refractivity contribution in [2.45, 2.75) is 6.92 Å². The van der Waals surface area contributed by atoms with Crippen molar-refractivity contribution in [2.24, 2.45) is 0 Å². The largest absolute Gasteiger partial charge is 0.301 e. The van der Waals surface area contributed by atoms with Gasteiger partial charge in [-0.3, -0.25) is 9.59 Å². The van der Waals surface area contributed by atoms with Crippen LogP contribution in [0.25, 0.3) is 0 Å². The Labute approximate surface area is 89.1 Å². The van der Waals surface area contributed by atoms with Crippen molar-refractivity contribution < 1.29 is 9.59 Å². The minimum Gasteiger partial charge on any atom is -0.301 e. The monoisotopic (exact) mass is 203 g/mol. The molecule has 0 bridgehead atoms. The van der Waals surface area contributed by atoms with Gasteiger partial charge in [-0.25, -0.2) is 0 Å². The number of hydrogen-bond donors (Lipinski definition) is 0. The predicted octanol–water partition coefficient (Wildman–Crippen LogP) is 1.60. The maximum Gasteiger partial charge on any atom is 0.251 e. The summed E-state index contributed by atoms with van der Waals surface area (Å²) in [5.41, 5.74) is 0.635. The number of carbonyl (C=O) groups is 2. The molecule has 15 heavy (non-hydrogen) atoms. The number of amides is 1. The fourth-order valence-corrected chi connectivity index (χ4v) is 1.22. The molecule has 3 heteroatoms. The van der Waals surface area contributed by atoms with E-state index in [0.717, 1.165) is 0 Å². The van der Waals surface area contributed by atoms with Gasteiger partial charge in [0.1, 0.15) is 0 Å². The van der Waals surface area contributed by atoms with Gasteiger partial charge in [-0.15, -0.1) is 0 Å². The molecule has 0 N–H and O–H groups in total. The molecule has 0 aromatic heterocycles. The van der Waals surface area contributed by atoms with Gasteiger partial charge in [0.2, 0.25) is 0 Å². The molecule has 0 unspecified atom stereocenters. The minimum atomic E-state index is -0.190. The lowest BCUT2D eigenvalue weighted by molar-refractivity contribution is -0.129. The molecule has 78 valence electrons. The molecule has 1 heterocycles. The molecule has 1 aliphatic heterocycles. The summed E-state index contributed by atoms with van der Waals surface area (Å²) in [5.74, 6) is -0.270. The Morgan fingerprint density at radius 2 is 2.20 bits per heavy atom. The third-order valence-corrected chi connectivity index (χ3v) is 1.97. The van der Waals surface area contributed by atoms with Crippen LogP contribution in [0.15, 0.2) is 48.7 Å². The summed E-state index contributed by atoms with van der Waals surface area (Å²) in [7, 11) is 0. The average molecular weight is 203 g/mol. The van der Waals surface area contributed by atoms with Gasteiger partial charge in [0.25, 0.3) is 5.91 Å². The van der Waals surface area contributed by atoms with Gasteiger partial charge in [-0.2, -0.15) is 0 Å². The van der Waals surface area contributed by atoms with E-state index in [9.17, 15) is 9.59 Å². The predicted molar refractivity (Wildman–Crippen MR) is 59.0 cm³/mol. The van der Waals surface area contributed by atoms with Crippen molar-refractivity contribution in [1.82, 2.24) is 4.90 Å². The number of ketones is 1. The highest BCUT2D eigenvalue weighted by Gasteiger charge is 2.20. The third kappa shape index (κ3) is 2.77. The minimum absolute atomic E-state index is 0.0807. The molecule has 1 aliphatic rings. The summed E-state index contributed by atoms with van der Waals surface area (Å²) in [6.07, 6.45) is 9.53.